The topological polar surface area (TPSA) is 52.9 Å². The van der Waals surface area contributed by atoms with Gasteiger partial charge in [0.15, 0.2) is 0 Å². The van der Waals surface area contributed by atoms with Gasteiger partial charge in [-0.2, -0.15) is 0 Å². The number of hydrogen-bond donors (Lipinski definition) is 2. The fourth-order valence-electron chi connectivity index (χ4n) is 1.14. The third-order valence-corrected chi connectivity index (χ3v) is 2.38. The first kappa shape index (κ1) is 12.5. The number of hydrogen-bond acceptors (Lipinski definition) is 4. The van der Waals surface area contributed by atoms with E-state index in [0.29, 0.717) is 10.7 Å². The van der Waals surface area contributed by atoms with Gasteiger partial charge in [0.05, 0.1) is 10.7 Å². The van der Waals surface area contributed by atoms with Crippen LogP contribution in [-0.4, -0.2) is 31.5 Å². The predicted molar refractivity (Wildman–Crippen MR) is 61.6 cm³/mol. The molecule has 1 aromatic carbocycles. The maximum atomic E-state index is 8.66. The fourth-order valence-corrected chi connectivity index (χ4v) is 1.89. The van der Waals surface area contributed by atoms with Gasteiger partial charge in [0.25, 0.3) is 0 Å². The van der Waals surface area contributed by atoms with Crippen LogP contribution in [0.3, 0.4) is 0 Å². The van der Waals surface area contributed by atoms with E-state index in [2.05, 4.69) is 4.65 Å². The zero-order valence-corrected chi connectivity index (χ0v) is 9.75. The minimum absolute atomic E-state index is 0.166. The van der Waals surface area contributed by atoms with Gasteiger partial charge >= 0.3 is 7.32 Å². The predicted octanol–water partition coefficient (Wildman–Crippen LogP) is 1.41. The highest BCUT2D eigenvalue weighted by molar-refractivity contribution is 6.41. The third-order valence-electron chi connectivity index (χ3n) is 1.71. The third kappa shape index (κ3) is 2.92. The minimum Gasteiger partial charge on any atom is -0.511 e. The zero-order chi connectivity index (χ0) is 11.6. The van der Waals surface area contributed by atoms with E-state index >= 15 is 0 Å². The molecule has 2 N–H and O–H groups in total. The van der Waals surface area contributed by atoms with Crippen LogP contribution in [0.2, 0.25) is 10.0 Å². The summed E-state index contributed by atoms with van der Waals surface area (Å²) in [4.78, 5) is 1.71. The van der Waals surface area contributed by atoms with E-state index in [4.69, 9.17) is 33.2 Å². The Balaban J connectivity index is 3.16. The smallest absolute Gasteiger partial charge is 0.511 e. The lowest BCUT2D eigenvalue weighted by Gasteiger charge is -2.18. The van der Waals surface area contributed by atoms with Crippen molar-refractivity contribution in [3.8, 4) is 5.75 Å². The minimum atomic E-state index is -1.90. The van der Waals surface area contributed by atoms with Gasteiger partial charge in [-0.15, -0.1) is 0 Å². The lowest BCUT2D eigenvalue weighted by molar-refractivity contribution is 0.288. The summed E-state index contributed by atoms with van der Waals surface area (Å²) in [6.07, 6.45) is 0. The van der Waals surface area contributed by atoms with Crippen molar-refractivity contribution in [3.63, 3.8) is 0 Å². The standard InChI is InChI=1S/C8H10BCl2NO3/c1-12(2)8-5(10)3-4-6(7(8)11)15-9(13)14/h3-4,13-14H,1-2H3. The molecule has 0 aromatic heterocycles. The molecule has 0 unspecified atom stereocenters. The number of benzene rings is 1. The van der Waals surface area contributed by atoms with Crippen molar-refractivity contribution in [2.24, 2.45) is 0 Å². The first-order valence-corrected chi connectivity index (χ1v) is 4.87. The Labute approximate surface area is 98.2 Å². The molecule has 1 aromatic rings. The summed E-state index contributed by atoms with van der Waals surface area (Å²) >= 11 is 11.9. The Morgan fingerprint density at radius 3 is 2.33 bits per heavy atom. The normalized spacial score (nSPS) is 10.0. The van der Waals surface area contributed by atoms with E-state index in [-0.39, 0.29) is 10.8 Å². The number of rotatable bonds is 3. The second kappa shape index (κ2) is 4.94. The quantitative estimate of drug-likeness (QED) is 0.796. The van der Waals surface area contributed by atoms with Crippen molar-refractivity contribution in [3.05, 3.63) is 22.2 Å². The summed E-state index contributed by atoms with van der Waals surface area (Å²) in [5.41, 5.74) is 0.566. The second-order valence-corrected chi connectivity index (χ2v) is 3.83. The van der Waals surface area contributed by atoms with Crippen LogP contribution in [0.1, 0.15) is 0 Å². The highest BCUT2D eigenvalue weighted by atomic mass is 35.5. The first-order valence-electron chi connectivity index (χ1n) is 4.11. The van der Waals surface area contributed by atoms with Crippen LogP contribution in [0.15, 0.2) is 12.1 Å². The molecule has 0 saturated heterocycles. The van der Waals surface area contributed by atoms with Crippen LogP contribution < -0.4 is 9.55 Å². The van der Waals surface area contributed by atoms with Crippen molar-refractivity contribution in [1.82, 2.24) is 0 Å². The monoisotopic (exact) mass is 249 g/mol. The largest absolute Gasteiger partial charge is 0.707 e. The lowest BCUT2D eigenvalue weighted by atomic mass is 10.2. The summed E-state index contributed by atoms with van der Waals surface area (Å²) in [6.45, 7) is 0. The van der Waals surface area contributed by atoms with Crippen molar-refractivity contribution in [2.75, 3.05) is 19.0 Å². The molecule has 4 nitrogen and oxygen atoms in total. The molecule has 0 radical (unpaired) electrons. The molecule has 0 bridgehead atoms. The molecule has 0 saturated carbocycles. The fraction of sp³-hybridized carbons (Fsp3) is 0.250. The molecule has 0 spiro atoms. The van der Waals surface area contributed by atoms with E-state index in [0.717, 1.165) is 0 Å². The maximum absolute atomic E-state index is 8.66. The van der Waals surface area contributed by atoms with Crippen molar-refractivity contribution in [2.45, 2.75) is 0 Å². The molecule has 0 aliphatic heterocycles. The van der Waals surface area contributed by atoms with Crippen molar-refractivity contribution >= 4 is 36.2 Å². The van der Waals surface area contributed by atoms with Gasteiger partial charge in [-0.05, 0) is 12.1 Å². The molecule has 1 rings (SSSR count). The summed E-state index contributed by atoms with van der Waals surface area (Å²) in [6, 6.07) is 3.04. The van der Waals surface area contributed by atoms with E-state index in [1.54, 1.807) is 25.1 Å². The van der Waals surface area contributed by atoms with Crippen LogP contribution in [-0.2, 0) is 0 Å². The van der Waals surface area contributed by atoms with Gasteiger partial charge in [-0.1, -0.05) is 23.2 Å². The summed E-state index contributed by atoms with van der Waals surface area (Å²) < 4.78 is 4.68. The van der Waals surface area contributed by atoms with Crippen LogP contribution in [0, 0.1) is 0 Å². The molecule has 15 heavy (non-hydrogen) atoms. The molecular formula is C8H10BCl2NO3. The summed E-state index contributed by atoms with van der Waals surface area (Å²) in [7, 11) is 1.64. The van der Waals surface area contributed by atoms with E-state index in [1.807, 2.05) is 0 Å². The molecule has 0 amide bonds. The van der Waals surface area contributed by atoms with Gasteiger partial charge in [-0.3, -0.25) is 0 Å². The summed E-state index contributed by atoms with van der Waals surface area (Å²) in [5, 5.41) is 18.0. The van der Waals surface area contributed by atoms with E-state index in [9.17, 15) is 0 Å². The number of halogens is 2. The van der Waals surface area contributed by atoms with Crippen LogP contribution in [0.25, 0.3) is 0 Å². The van der Waals surface area contributed by atoms with Crippen LogP contribution >= 0.6 is 23.2 Å². The molecule has 0 aliphatic rings. The highest BCUT2D eigenvalue weighted by Crippen LogP contribution is 2.39. The van der Waals surface area contributed by atoms with E-state index in [1.165, 1.54) is 6.07 Å². The molecule has 0 fully saturated rings. The molecule has 82 valence electrons. The second-order valence-electron chi connectivity index (χ2n) is 3.05. The average Bonchev–Trinajstić information content (AvgIpc) is 2.09. The molecule has 7 heteroatoms. The van der Waals surface area contributed by atoms with Crippen molar-refractivity contribution in [1.29, 1.82) is 0 Å². The Morgan fingerprint density at radius 2 is 1.87 bits per heavy atom. The van der Waals surface area contributed by atoms with Crippen molar-refractivity contribution < 1.29 is 14.7 Å². The van der Waals surface area contributed by atoms with E-state index < -0.39 is 7.32 Å². The lowest BCUT2D eigenvalue weighted by Crippen LogP contribution is -2.21. The average molecular weight is 250 g/mol. The zero-order valence-electron chi connectivity index (χ0n) is 8.24. The molecular weight excluding hydrogens is 240 g/mol. The van der Waals surface area contributed by atoms with Crippen LogP contribution in [0.5, 0.6) is 5.75 Å². The highest BCUT2D eigenvalue weighted by Gasteiger charge is 2.18. The van der Waals surface area contributed by atoms with Gasteiger partial charge in [0, 0.05) is 14.1 Å². The molecule has 0 aliphatic carbocycles. The number of anilines is 1. The van der Waals surface area contributed by atoms with Gasteiger partial charge < -0.3 is 19.6 Å². The maximum Gasteiger partial charge on any atom is 0.707 e. The van der Waals surface area contributed by atoms with Gasteiger partial charge in [0.2, 0.25) is 0 Å². The van der Waals surface area contributed by atoms with Gasteiger partial charge in [-0.25, -0.2) is 0 Å². The molecule has 0 atom stereocenters. The Kier molecular flexibility index (Phi) is 4.10. The van der Waals surface area contributed by atoms with Gasteiger partial charge in [0.1, 0.15) is 10.8 Å². The molecule has 0 heterocycles. The number of nitrogens with zero attached hydrogens (tertiary/aromatic N) is 1. The Bertz CT molecular complexity index is 360. The van der Waals surface area contributed by atoms with Crippen LogP contribution in [0.4, 0.5) is 5.69 Å². The Hall–Kier alpha value is -0.615. The Morgan fingerprint density at radius 1 is 1.27 bits per heavy atom. The SMILES string of the molecule is CN(C)c1c(Cl)ccc(OB(O)O)c1Cl. The summed E-state index contributed by atoms with van der Waals surface area (Å²) in [5.74, 6) is 0.166. The first-order chi connectivity index (χ1) is 6.93.